The number of aromatic nitrogens is 2. The molecule has 0 fully saturated rings. The van der Waals surface area contributed by atoms with Gasteiger partial charge in [0.15, 0.2) is 11.7 Å². The number of benzene rings is 2. The standard InChI is InChI=1S/C26H27N3O3S/c1-4-31-22-8-5-9-23-25(22)28-26(33-23)29(16-19-7-6-14-27-15-19)24(30)17-32-21-12-10-20(11-13-21)18(2)3/h5-15,18H,4,16-17H2,1-3H3. The SMILES string of the molecule is CCOc1cccc2sc(N(Cc3cccnc3)C(=O)COc3ccc(C(C)C)cc3)nc12. The molecule has 0 unspecified atom stereocenters. The molecule has 0 atom stereocenters. The van der Waals surface area contributed by atoms with Crippen LogP contribution in [0.25, 0.3) is 10.2 Å². The first-order valence-electron chi connectivity index (χ1n) is 11.0. The summed E-state index contributed by atoms with van der Waals surface area (Å²) in [6.07, 6.45) is 3.47. The Balaban J connectivity index is 1.58. The Kier molecular flexibility index (Phi) is 7.19. The molecule has 0 saturated heterocycles. The summed E-state index contributed by atoms with van der Waals surface area (Å²) in [6.45, 7) is 7.04. The molecular weight excluding hydrogens is 434 g/mol. The van der Waals surface area contributed by atoms with E-state index in [4.69, 9.17) is 14.5 Å². The van der Waals surface area contributed by atoms with E-state index in [2.05, 4.69) is 18.8 Å². The Hall–Kier alpha value is -3.45. The molecule has 0 aliphatic carbocycles. The number of amides is 1. The van der Waals surface area contributed by atoms with Crippen LogP contribution in [0.4, 0.5) is 5.13 Å². The molecule has 0 aliphatic heterocycles. The zero-order chi connectivity index (χ0) is 23.2. The Labute approximate surface area is 197 Å². The minimum atomic E-state index is -0.177. The normalized spacial score (nSPS) is 11.0. The lowest BCUT2D eigenvalue weighted by atomic mass is 10.0. The van der Waals surface area contributed by atoms with Gasteiger partial charge in [-0.1, -0.05) is 49.4 Å². The van der Waals surface area contributed by atoms with Crippen molar-refractivity contribution in [3.63, 3.8) is 0 Å². The van der Waals surface area contributed by atoms with E-state index in [1.807, 2.05) is 61.5 Å². The van der Waals surface area contributed by atoms with Crippen molar-refractivity contribution in [3.05, 3.63) is 78.1 Å². The second-order valence-corrected chi connectivity index (χ2v) is 8.90. The van der Waals surface area contributed by atoms with Crippen LogP contribution in [0.3, 0.4) is 0 Å². The highest BCUT2D eigenvalue weighted by Gasteiger charge is 2.22. The highest BCUT2D eigenvalue weighted by atomic mass is 32.1. The fourth-order valence-electron chi connectivity index (χ4n) is 3.41. The topological polar surface area (TPSA) is 64.5 Å². The van der Waals surface area contributed by atoms with E-state index in [9.17, 15) is 4.79 Å². The average molecular weight is 462 g/mol. The Morgan fingerprint density at radius 2 is 1.88 bits per heavy atom. The molecule has 0 bridgehead atoms. The second kappa shape index (κ2) is 10.4. The lowest BCUT2D eigenvalue weighted by molar-refractivity contribution is -0.120. The van der Waals surface area contributed by atoms with Crippen LogP contribution < -0.4 is 14.4 Å². The van der Waals surface area contributed by atoms with Crippen LogP contribution in [0.2, 0.25) is 0 Å². The number of para-hydroxylation sites is 1. The highest BCUT2D eigenvalue weighted by molar-refractivity contribution is 7.22. The van der Waals surface area contributed by atoms with Crippen molar-refractivity contribution in [3.8, 4) is 11.5 Å². The lowest BCUT2D eigenvalue weighted by Crippen LogP contribution is -2.34. The molecule has 2 aromatic heterocycles. The van der Waals surface area contributed by atoms with Gasteiger partial charge in [-0.2, -0.15) is 0 Å². The van der Waals surface area contributed by atoms with Gasteiger partial charge >= 0.3 is 0 Å². The van der Waals surface area contributed by atoms with E-state index in [-0.39, 0.29) is 12.5 Å². The molecule has 2 aromatic carbocycles. The molecule has 0 aliphatic rings. The van der Waals surface area contributed by atoms with E-state index < -0.39 is 0 Å². The summed E-state index contributed by atoms with van der Waals surface area (Å²) in [5.74, 6) is 1.64. The molecule has 0 saturated carbocycles. The summed E-state index contributed by atoms with van der Waals surface area (Å²) in [6, 6.07) is 17.5. The van der Waals surface area contributed by atoms with Crippen LogP contribution >= 0.6 is 11.3 Å². The summed E-state index contributed by atoms with van der Waals surface area (Å²) in [5, 5.41) is 0.602. The van der Waals surface area contributed by atoms with Crippen LogP contribution in [0.1, 0.15) is 37.8 Å². The summed E-state index contributed by atoms with van der Waals surface area (Å²) < 4.78 is 12.5. The minimum absolute atomic E-state index is 0.0878. The Bertz CT molecular complexity index is 1210. The van der Waals surface area contributed by atoms with Gasteiger partial charge in [0.2, 0.25) is 0 Å². The number of pyridine rings is 1. The van der Waals surface area contributed by atoms with E-state index >= 15 is 0 Å². The second-order valence-electron chi connectivity index (χ2n) is 7.89. The number of carbonyl (C=O) groups excluding carboxylic acids is 1. The molecule has 7 heteroatoms. The number of ether oxygens (including phenoxy) is 2. The number of fused-ring (bicyclic) bond motifs is 1. The predicted octanol–water partition coefficient (Wildman–Crippen LogP) is 5.83. The first-order valence-corrected chi connectivity index (χ1v) is 11.8. The Morgan fingerprint density at radius 3 is 2.58 bits per heavy atom. The van der Waals surface area contributed by atoms with Gasteiger partial charge in [-0.05, 0) is 54.3 Å². The maximum atomic E-state index is 13.3. The molecule has 1 amide bonds. The third-order valence-corrected chi connectivity index (χ3v) is 6.22. The van der Waals surface area contributed by atoms with Crippen LogP contribution in [-0.2, 0) is 11.3 Å². The third-order valence-electron chi connectivity index (χ3n) is 5.18. The van der Waals surface area contributed by atoms with Crippen molar-refractivity contribution in [1.29, 1.82) is 0 Å². The number of carbonyl (C=O) groups is 1. The quantitative estimate of drug-likeness (QED) is 0.314. The summed E-state index contributed by atoms with van der Waals surface area (Å²) in [5.41, 5.74) is 2.90. The number of rotatable bonds is 9. The van der Waals surface area contributed by atoms with Gasteiger partial charge in [-0.3, -0.25) is 14.7 Å². The van der Waals surface area contributed by atoms with Crippen molar-refractivity contribution in [1.82, 2.24) is 9.97 Å². The largest absolute Gasteiger partial charge is 0.492 e. The first-order chi connectivity index (χ1) is 16.0. The number of hydrogen-bond donors (Lipinski definition) is 0. The van der Waals surface area contributed by atoms with Gasteiger partial charge in [0.1, 0.15) is 17.0 Å². The molecule has 2 heterocycles. The maximum absolute atomic E-state index is 13.3. The third kappa shape index (κ3) is 5.49. The van der Waals surface area contributed by atoms with E-state index in [0.29, 0.717) is 35.7 Å². The summed E-state index contributed by atoms with van der Waals surface area (Å²) >= 11 is 1.46. The molecule has 6 nitrogen and oxygen atoms in total. The van der Waals surface area contributed by atoms with Crippen molar-refractivity contribution in [2.75, 3.05) is 18.1 Å². The molecule has 4 rings (SSSR count). The average Bonchev–Trinajstić information content (AvgIpc) is 3.27. The van der Waals surface area contributed by atoms with E-state index in [0.717, 1.165) is 15.8 Å². The number of thiazole rings is 1. The molecule has 0 radical (unpaired) electrons. The molecule has 0 spiro atoms. The van der Waals surface area contributed by atoms with E-state index in [1.54, 1.807) is 17.3 Å². The van der Waals surface area contributed by atoms with Gasteiger partial charge in [-0.25, -0.2) is 4.98 Å². The lowest BCUT2D eigenvalue weighted by Gasteiger charge is -2.20. The number of nitrogens with zero attached hydrogens (tertiary/aromatic N) is 3. The monoisotopic (exact) mass is 461 g/mol. The fourth-order valence-corrected chi connectivity index (χ4v) is 4.41. The minimum Gasteiger partial charge on any atom is -0.492 e. The van der Waals surface area contributed by atoms with Gasteiger partial charge < -0.3 is 9.47 Å². The van der Waals surface area contributed by atoms with Crippen LogP contribution in [0.15, 0.2) is 67.0 Å². The van der Waals surface area contributed by atoms with Gasteiger partial charge in [-0.15, -0.1) is 0 Å². The van der Waals surface area contributed by atoms with Crippen molar-refractivity contribution < 1.29 is 14.3 Å². The number of anilines is 1. The van der Waals surface area contributed by atoms with Crippen molar-refractivity contribution >= 4 is 32.6 Å². The summed E-state index contributed by atoms with van der Waals surface area (Å²) in [4.78, 5) is 23.9. The molecule has 33 heavy (non-hydrogen) atoms. The van der Waals surface area contributed by atoms with Crippen LogP contribution in [0, 0.1) is 0 Å². The van der Waals surface area contributed by atoms with E-state index in [1.165, 1.54) is 16.9 Å². The van der Waals surface area contributed by atoms with Gasteiger partial charge in [0.05, 0.1) is 17.9 Å². The summed E-state index contributed by atoms with van der Waals surface area (Å²) in [7, 11) is 0. The Morgan fingerprint density at radius 1 is 1.06 bits per heavy atom. The zero-order valence-electron chi connectivity index (χ0n) is 19.0. The number of hydrogen-bond acceptors (Lipinski definition) is 6. The van der Waals surface area contributed by atoms with Crippen LogP contribution in [0.5, 0.6) is 11.5 Å². The first kappa shape index (κ1) is 22.7. The molecule has 4 aromatic rings. The van der Waals surface area contributed by atoms with Crippen molar-refractivity contribution in [2.45, 2.75) is 33.2 Å². The fraction of sp³-hybridized carbons (Fsp3) is 0.269. The highest BCUT2D eigenvalue weighted by Crippen LogP contribution is 2.35. The van der Waals surface area contributed by atoms with Gasteiger partial charge in [0.25, 0.3) is 5.91 Å². The maximum Gasteiger partial charge on any atom is 0.267 e. The molecule has 0 N–H and O–H groups in total. The predicted molar refractivity (Wildman–Crippen MR) is 132 cm³/mol. The smallest absolute Gasteiger partial charge is 0.267 e. The molecule has 170 valence electrons. The van der Waals surface area contributed by atoms with Gasteiger partial charge in [0, 0.05) is 12.4 Å². The molecular formula is C26H27N3O3S. The zero-order valence-corrected chi connectivity index (χ0v) is 19.8. The van der Waals surface area contributed by atoms with Crippen LogP contribution in [-0.4, -0.2) is 29.1 Å². The van der Waals surface area contributed by atoms with Crippen molar-refractivity contribution in [2.24, 2.45) is 0 Å².